The van der Waals surface area contributed by atoms with E-state index in [0.717, 1.165) is 89.9 Å². The molecule has 0 aromatic heterocycles. The summed E-state index contributed by atoms with van der Waals surface area (Å²) >= 11 is 0. The number of carbonyl (C=O) groups excluding carboxylic acids is 3. The van der Waals surface area contributed by atoms with Crippen molar-refractivity contribution in [2.24, 2.45) is 0 Å². The first kappa shape index (κ1) is 56.6. The topological polar surface area (TPSA) is 78.9 Å². The number of rotatable bonds is 46. The monoisotopic (exact) mass is 829 g/mol. The Morgan fingerprint density at radius 1 is 0.356 bits per heavy atom. The molecule has 0 saturated carbocycles. The summed E-state index contributed by atoms with van der Waals surface area (Å²) in [6, 6.07) is 0. The fourth-order valence-corrected chi connectivity index (χ4v) is 7.30. The highest BCUT2D eigenvalue weighted by atomic mass is 16.6. The Hall–Kier alpha value is -2.37. The first-order valence-corrected chi connectivity index (χ1v) is 25.5. The molecule has 0 radical (unpaired) electrons. The van der Waals surface area contributed by atoms with Crippen molar-refractivity contribution in [3.63, 3.8) is 0 Å². The van der Waals surface area contributed by atoms with Gasteiger partial charge in [0.25, 0.3) is 0 Å². The summed E-state index contributed by atoms with van der Waals surface area (Å²) in [7, 11) is 0. The van der Waals surface area contributed by atoms with Crippen LogP contribution in [0.1, 0.15) is 265 Å². The van der Waals surface area contributed by atoms with Crippen molar-refractivity contribution in [3.05, 3.63) is 36.5 Å². The van der Waals surface area contributed by atoms with Crippen LogP contribution in [0.15, 0.2) is 36.5 Å². The molecule has 59 heavy (non-hydrogen) atoms. The molecule has 6 heteroatoms. The Morgan fingerprint density at radius 2 is 0.661 bits per heavy atom. The van der Waals surface area contributed by atoms with E-state index in [1.54, 1.807) is 0 Å². The van der Waals surface area contributed by atoms with Crippen molar-refractivity contribution in [1.82, 2.24) is 0 Å². The minimum atomic E-state index is -0.776. The molecule has 0 fully saturated rings. The Labute approximate surface area is 365 Å². The van der Waals surface area contributed by atoms with Gasteiger partial charge in [0.2, 0.25) is 0 Å². The predicted molar refractivity (Wildman–Crippen MR) is 252 cm³/mol. The maximum absolute atomic E-state index is 12.8. The van der Waals surface area contributed by atoms with Crippen molar-refractivity contribution in [2.45, 2.75) is 271 Å². The summed E-state index contributed by atoms with van der Waals surface area (Å²) in [6.45, 7) is 6.52. The third kappa shape index (κ3) is 46.5. The van der Waals surface area contributed by atoms with Gasteiger partial charge in [-0.05, 0) is 70.6 Å². The molecule has 1 unspecified atom stereocenters. The van der Waals surface area contributed by atoms with Gasteiger partial charge in [-0.3, -0.25) is 14.4 Å². The summed E-state index contributed by atoms with van der Waals surface area (Å²) in [6.07, 6.45) is 55.5. The van der Waals surface area contributed by atoms with Gasteiger partial charge in [0.05, 0.1) is 0 Å². The number of esters is 3. The second-order valence-corrected chi connectivity index (χ2v) is 17.1. The van der Waals surface area contributed by atoms with Crippen LogP contribution in [0.25, 0.3) is 0 Å². The maximum atomic E-state index is 12.8. The minimum absolute atomic E-state index is 0.0784. The van der Waals surface area contributed by atoms with E-state index in [2.05, 4.69) is 57.2 Å². The first-order valence-electron chi connectivity index (χ1n) is 25.5. The van der Waals surface area contributed by atoms with Gasteiger partial charge in [-0.25, -0.2) is 0 Å². The van der Waals surface area contributed by atoms with E-state index in [1.807, 2.05) is 0 Å². The number of unbranched alkanes of at least 4 members (excludes halogenated alkanes) is 29. The van der Waals surface area contributed by atoms with Gasteiger partial charge in [0, 0.05) is 19.3 Å². The Morgan fingerprint density at radius 3 is 1.05 bits per heavy atom. The maximum Gasteiger partial charge on any atom is 0.306 e. The second kappa shape index (κ2) is 48.3. The van der Waals surface area contributed by atoms with Crippen LogP contribution in [0.2, 0.25) is 0 Å². The van der Waals surface area contributed by atoms with Gasteiger partial charge in [-0.1, -0.05) is 211 Å². The van der Waals surface area contributed by atoms with Gasteiger partial charge < -0.3 is 14.2 Å². The number of hydrogen-bond donors (Lipinski definition) is 0. The molecule has 0 aliphatic carbocycles. The van der Waals surface area contributed by atoms with Crippen LogP contribution in [0.3, 0.4) is 0 Å². The summed E-state index contributed by atoms with van der Waals surface area (Å²) in [5.41, 5.74) is 0. The third-order valence-electron chi connectivity index (χ3n) is 11.1. The lowest BCUT2D eigenvalue weighted by Gasteiger charge is -2.18. The molecule has 0 bridgehead atoms. The Kier molecular flexibility index (Phi) is 46.4. The van der Waals surface area contributed by atoms with E-state index in [-0.39, 0.29) is 31.1 Å². The highest BCUT2D eigenvalue weighted by Gasteiger charge is 2.19. The van der Waals surface area contributed by atoms with Crippen molar-refractivity contribution >= 4 is 17.9 Å². The Bertz CT molecular complexity index is 1000. The average molecular weight is 829 g/mol. The van der Waals surface area contributed by atoms with E-state index in [9.17, 15) is 14.4 Å². The molecule has 0 N–H and O–H groups in total. The molecule has 0 aromatic carbocycles. The van der Waals surface area contributed by atoms with E-state index >= 15 is 0 Å². The number of ether oxygens (including phenoxy) is 3. The van der Waals surface area contributed by atoms with Gasteiger partial charge >= 0.3 is 17.9 Å². The smallest absolute Gasteiger partial charge is 0.306 e. The molecular weight excluding hydrogens is 733 g/mol. The highest BCUT2D eigenvalue weighted by Crippen LogP contribution is 2.15. The van der Waals surface area contributed by atoms with E-state index in [4.69, 9.17) is 14.2 Å². The number of carbonyl (C=O) groups is 3. The lowest BCUT2D eigenvalue weighted by atomic mass is 10.0. The number of hydrogen-bond acceptors (Lipinski definition) is 6. The van der Waals surface area contributed by atoms with Crippen LogP contribution in [0.4, 0.5) is 0 Å². The minimum Gasteiger partial charge on any atom is -0.462 e. The van der Waals surface area contributed by atoms with Crippen LogP contribution >= 0.6 is 0 Å². The fraction of sp³-hybridized carbons (Fsp3) is 0.830. The molecule has 0 aliphatic rings. The van der Waals surface area contributed by atoms with Gasteiger partial charge in [-0.15, -0.1) is 0 Å². The Balaban J connectivity index is 4.38. The first-order chi connectivity index (χ1) is 29.0. The van der Waals surface area contributed by atoms with Crippen LogP contribution in [-0.2, 0) is 28.6 Å². The zero-order chi connectivity index (χ0) is 43.0. The quantitative estimate of drug-likeness (QED) is 0.0263. The van der Waals surface area contributed by atoms with Crippen molar-refractivity contribution in [1.29, 1.82) is 0 Å². The summed E-state index contributed by atoms with van der Waals surface area (Å²) in [5, 5.41) is 0. The molecular formula is C53H96O6. The lowest BCUT2D eigenvalue weighted by Crippen LogP contribution is -2.30. The fourth-order valence-electron chi connectivity index (χ4n) is 7.30. The predicted octanol–water partition coefficient (Wildman–Crippen LogP) is 16.5. The zero-order valence-electron chi connectivity index (χ0n) is 39.3. The molecule has 344 valence electrons. The molecule has 1 atom stereocenters. The summed E-state index contributed by atoms with van der Waals surface area (Å²) in [4.78, 5) is 37.9. The normalized spacial score (nSPS) is 12.3. The van der Waals surface area contributed by atoms with Crippen molar-refractivity contribution < 1.29 is 28.6 Å². The van der Waals surface area contributed by atoms with Crippen LogP contribution in [0.5, 0.6) is 0 Å². The molecule has 0 aromatic rings. The van der Waals surface area contributed by atoms with Gasteiger partial charge in [0.1, 0.15) is 13.2 Å². The van der Waals surface area contributed by atoms with Gasteiger partial charge in [-0.2, -0.15) is 0 Å². The zero-order valence-corrected chi connectivity index (χ0v) is 39.3. The molecule has 0 heterocycles. The standard InChI is InChI=1S/C53H96O6/c1-4-7-10-13-16-19-22-25-28-31-34-37-40-43-46-52(55)58-49-50(48-57-51(54)45-42-39-36-33-30-27-24-21-18-15-12-9-6-3)59-53(56)47-44-41-38-35-32-29-26-23-20-17-14-11-8-5-2/h7,10,16,19,27,30,50H,4-6,8-9,11-15,17-18,20-26,28-29,31-49H2,1-3H3/b10-7-,19-16-,30-27-. The van der Waals surface area contributed by atoms with Crippen molar-refractivity contribution in [2.75, 3.05) is 13.2 Å². The number of allylic oxidation sites excluding steroid dienone is 6. The van der Waals surface area contributed by atoms with Crippen molar-refractivity contribution in [3.8, 4) is 0 Å². The summed E-state index contributed by atoms with van der Waals surface area (Å²) < 4.78 is 16.8. The molecule has 0 rings (SSSR count). The SMILES string of the molecule is CC/C=C\C/C=C\CCCCCCCCCC(=O)OCC(COC(=O)CCCCC/C=C\CCCCCCCC)OC(=O)CCCCCCCCCCCCCCCC. The molecule has 0 saturated heterocycles. The third-order valence-corrected chi connectivity index (χ3v) is 11.1. The highest BCUT2D eigenvalue weighted by molar-refractivity contribution is 5.71. The van der Waals surface area contributed by atoms with Crippen LogP contribution in [0, 0.1) is 0 Å². The largest absolute Gasteiger partial charge is 0.462 e. The molecule has 6 nitrogen and oxygen atoms in total. The van der Waals surface area contributed by atoms with Crippen LogP contribution in [-0.4, -0.2) is 37.2 Å². The van der Waals surface area contributed by atoms with Crippen LogP contribution < -0.4 is 0 Å². The average Bonchev–Trinajstić information content (AvgIpc) is 3.23. The van der Waals surface area contributed by atoms with E-state index < -0.39 is 6.10 Å². The second-order valence-electron chi connectivity index (χ2n) is 17.1. The van der Waals surface area contributed by atoms with Gasteiger partial charge in [0.15, 0.2) is 6.10 Å². The molecule has 0 aliphatic heterocycles. The summed E-state index contributed by atoms with van der Waals surface area (Å²) in [5.74, 6) is -0.893. The molecule has 0 spiro atoms. The molecule has 0 amide bonds. The van der Waals surface area contributed by atoms with E-state index in [1.165, 1.54) is 135 Å². The van der Waals surface area contributed by atoms with E-state index in [0.29, 0.717) is 19.3 Å². The lowest BCUT2D eigenvalue weighted by molar-refractivity contribution is -0.167.